The maximum Gasteiger partial charge on any atom is 0.124 e. The van der Waals surface area contributed by atoms with Crippen molar-refractivity contribution in [1.82, 2.24) is 10.3 Å². The van der Waals surface area contributed by atoms with Crippen molar-refractivity contribution in [3.05, 3.63) is 70.7 Å². The molecule has 1 unspecified atom stereocenters. The molecule has 3 aromatic rings. The van der Waals surface area contributed by atoms with Gasteiger partial charge in [0.05, 0.1) is 5.52 Å². The monoisotopic (exact) mass is 397 g/mol. The summed E-state index contributed by atoms with van der Waals surface area (Å²) < 4.78 is 0. The zero-order chi connectivity index (χ0) is 16.2. The number of benzene rings is 2. The Labute approximate surface area is 165 Å². The Bertz CT molecular complexity index is 807. The van der Waals surface area contributed by atoms with Crippen LogP contribution >= 0.6 is 36.4 Å². The Kier molecular flexibility index (Phi) is 8.46. The molecule has 25 heavy (non-hydrogen) atoms. The molecule has 1 atom stereocenters. The van der Waals surface area contributed by atoms with Crippen LogP contribution in [0.25, 0.3) is 10.9 Å². The zero-order valence-electron chi connectivity index (χ0n) is 13.9. The van der Waals surface area contributed by atoms with Gasteiger partial charge < -0.3 is 11.1 Å². The van der Waals surface area contributed by atoms with Gasteiger partial charge in [0.25, 0.3) is 0 Å². The molecular weight excluding hydrogens is 377 g/mol. The van der Waals surface area contributed by atoms with Gasteiger partial charge in [0.1, 0.15) is 5.82 Å². The lowest BCUT2D eigenvalue weighted by molar-refractivity contribution is 0.577. The summed E-state index contributed by atoms with van der Waals surface area (Å²) in [5.41, 5.74) is 9.20. The average molecular weight is 399 g/mol. The summed E-state index contributed by atoms with van der Waals surface area (Å²) in [6.45, 7) is 3.07. The van der Waals surface area contributed by atoms with Crippen LogP contribution in [0.3, 0.4) is 0 Å². The molecule has 0 saturated carbocycles. The number of nitrogen functional groups attached to an aromatic ring is 1. The van der Waals surface area contributed by atoms with Crippen molar-refractivity contribution in [2.45, 2.75) is 19.4 Å². The minimum absolute atomic E-state index is 0. The van der Waals surface area contributed by atoms with Gasteiger partial charge in [-0.25, -0.2) is 4.98 Å². The van der Waals surface area contributed by atoms with E-state index in [-0.39, 0.29) is 30.9 Å². The van der Waals surface area contributed by atoms with Crippen LogP contribution in [0.1, 0.15) is 24.1 Å². The number of rotatable bonds is 5. The highest BCUT2D eigenvalue weighted by atomic mass is 35.5. The van der Waals surface area contributed by atoms with Crippen LogP contribution in [0, 0.1) is 0 Å². The number of fused-ring (bicyclic) bond motifs is 1. The molecule has 1 aromatic heterocycles. The third-order valence-corrected chi connectivity index (χ3v) is 4.27. The summed E-state index contributed by atoms with van der Waals surface area (Å²) in [6, 6.07) is 18.4. The molecule has 0 bridgehead atoms. The number of pyridine rings is 1. The first kappa shape index (κ1) is 21.5. The molecule has 0 amide bonds. The molecule has 0 aliphatic heterocycles. The van der Waals surface area contributed by atoms with Crippen LogP contribution < -0.4 is 11.1 Å². The van der Waals surface area contributed by atoms with E-state index in [1.54, 1.807) is 0 Å². The van der Waals surface area contributed by atoms with Gasteiger partial charge >= 0.3 is 0 Å². The van der Waals surface area contributed by atoms with Gasteiger partial charge in [-0.05, 0) is 61.3 Å². The third kappa shape index (κ3) is 5.75. The SMILES string of the molecule is CC(NCCc1ccc(Cl)cc1)c1ccc2ccc(N)nc2c1.Cl.Cl. The van der Waals surface area contributed by atoms with Crippen LogP contribution in [0.15, 0.2) is 54.6 Å². The molecule has 3 N–H and O–H groups in total. The lowest BCUT2D eigenvalue weighted by atomic mass is 10.1. The minimum atomic E-state index is 0. The summed E-state index contributed by atoms with van der Waals surface area (Å²) in [7, 11) is 0. The highest BCUT2D eigenvalue weighted by Gasteiger charge is 2.06. The summed E-state index contributed by atoms with van der Waals surface area (Å²) >= 11 is 5.90. The zero-order valence-corrected chi connectivity index (χ0v) is 16.3. The number of aromatic nitrogens is 1. The van der Waals surface area contributed by atoms with Crippen molar-refractivity contribution < 1.29 is 0 Å². The van der Waals surface area contributed by atoms with E-state index in [2.05, 4.69) is 47.6 Å². The Hall–Kier alpha value is -1.52. The Morgan fingerprint density at radius 2 is 1.72 bits per heavy atom. The van der Waals surface area contributed by atoms with Crippen LogP contribution in [0.4, 0.5) is 5.82 Å². The second-order valence-electron chi connectivity index (χ2n) is 5.74. The maximum atomic E-state index is 5.90. The van der Waals surface area contributed by atoms with Gasteiger partial charge in [-0.15, -0.1) is 24.8 Å². The number of hydrogen-bond acceptors (Lipinski definition) is 3. The largest absolute Gasteiger partial charge is 0.384 e. The second kappa shape index (κ2) is 9.83. The predicted molar refractivity (Wildman–Crippen MR) is 112 cm³/mol. The van der Waals surface area contributed by atoms with E-state index >= 15 is 0 Å². The van der Waals surface area contributed by atoms with Gasteiger partial charge in [-0.2, -0.15) is 0 Å². The molecule has 1 heterocycles. The van der Waals surface area contributed by atoms with Gasteiger partial charge in [-0.3, -0.25) is 0 Å². The molecule has 0 aliphatic carbocycles. The van der Waals surface area contributed by atoms with Crippen molar-refractivity contribution >= 4 is 53.1 Å². The summed E-state index contributed by atoms with van der Waals surface area (Å²) in [6.07, 6.45) is 0.973. The quantitative estimate of drug-likeness (QED) is 0.620. The van der Waals surface area contributed by atoms with E-state index in [4.69, 9.17) is 17.3 Å². The number of anilines is 1. The van der Waals surface area contributed by atoms with E-state index in [0.717, 1.165) is 28.9 Å². The topological polar surface area (TPSA) is 50.9 Å². The molecule has 0 aliphatic rings. The highest BCUT2D eigenvalue weighted by molar-refractivity contribution is 6.30. The fourth-order valence-electron chi connectivity index (χ4n) is 2.62. The van der Waals surface area contributed by atoms with Crippen molar-refractivity contribution in [2.24, 2.45) is 0 Å². The summed E-state index contributed by atoms with van der Waals surface area (Å²) in [4.78, 5) is 4.39. The van der Waals surface area contributed by atoms with Crippen LogP contribution in [-0.4, -0.2) is 11.5 Å². The first-order valence-corrected chi connectivity index (χ1v) is 8.13. The predicted octanol–water partition coefficient (Wildman–Crippen LogP) is 5.21. The van der Waals surface area contributed by atoms with Gasteiger partial charge in [-0.1, -0.05) is 35.9 Å². The second-order valence-corrected chi connectivity index (χ2v) is 6.18. The maximum absolute atomic E-state index is 5.90. The number of nitrogens with one attached hydrogen (secondary N) is 1. The van der Waals surface area contributed by atoms with Gasteiger partial charge in [0.15, 0.2) is 0 Å². The van der Waals surface area contributed by atoms with E-state index in [1.165, 1.54) is 11.1 Å². The van der Waals surface area contributed by atoms with Crippen LogP contribution in [0.5, 0.6) is 0 Å². The molecule has 134 valence electrons. The Morgan fingerprint density at radius 3 is 2.44 bits per heavy atom. The van der Waals surface area contributed by atoms with Gasteiger partial charge in [0.2, 0.25) is 0 Å². The molecule has 0 fully saturated rings. The number of halogens is 3. The third-order valence-electron chi connectivity index (χ3n) is 4.02. The molecule has 3 nitrogen and oxygen atoms in total. The number of nitrogens with zero attached hydrogens (tertiary/aromatic N) is 1. The normalized spacial score (nSPS) is 11.4. The highest BCUT2D eigenvalue weighted by Crippen LogP contribution is 2.20. The fourth-order valence-corrected chi connectivity index (χ4v) is 2.75. The van der Waals surface area contributed by atoms with Crippen molar-refractivity contribution in [1.29, 1.82) is 0 Å². The van der Waals surface area contributed by atoms with Crippen LogP contribution in [0.2, 0.25) is 5.02 Å². The van der Waals surface area contributed by atoms with E-state index in [9.17, 15) is 0 Å². The number of nitrogens with two attached hydrogens (primary N) is 1. The lowest BCUT2D eigenvalue weighted by Crippen LogP contribution is -2.21. The molecule has 6 heteroatoms. The van der Waals surface area contributed by atoms with E-state index in [1.807, 2.05) is 24.3 Å². The van der Waals surface area contributed by atoms with Crippen molar-refractivity contribution in [3.8, 4) is 0 Å². The molecule has 2 aromatic carbocycles. The average Bonchev–Trinajstić information content (AvgIpc) is 2.56. The number of hydrogen-bond donors (Lipinski definition) is 2. The lowest BCUT2D eigenvalue weighted by Gasteiger charge is -2.15. The minimum Gasteiger partial charge on any atom is -0.384 e. The van der Waals surface area contributed by atoms with Crippen molar-refractivity contribution in [2.75, 3.05) is 12.3 Å². The van der Waals surface area contributed by atoms with Crippen LogP contribution in [-0.2, 0) is 6.42 Å². The Morgan fingerprint density at radius 1 is 1.04 bits per heavy atom. The Balaban J connectivity index is 0.00000156. The standard InChI is InChI=1S/C19H20ClN3.2ClH/c1-13(22-11-10-14-2-7-17(20)8-3-14)16-5-4-15-6-9-19(21)23-18(15)12-16;;/h2-9,12-13,22H,10-11H2,1H3,(H2,21,23);2*1H. The summed E-state index contributed by atoms with van der Waals surface area (Å²) in [5, 5.41) is 5.43. The molecule has 0 saturated heterocycles. The van der Waals surface area contributed by atoms with E-state index < -0.39 is 0 Å². The first-order chi connectivity index (χ1) is 11.1. The van der Waals surface area contributed by atoms with Gasteiger partial charge in [0, 0.05) is 16.5 Å². The molecule has 0 spiro atoms. The van der Waals surface area contributed by atoms with E-state index in [0.29, 0.717) is 5.82 Å². The van der Waals surface area contributed by atoms with Crippen molar-refractivity contribution in [3.63, 3.8) is 0 Å². The molecular formula is C19H22Cl3N3. The molecule has 3 rings (SSSR count). The molecule has 0 radical (unpaired) electrons. The summed E-state index contributed by atoms with van der Waals surface area (Å²) in [5.74, 6) is 0.554. The smallest absolute Gasteiger partial charge is 0.124 e. The fraction of sp³-hybridized carbons (Fsp3) is 0.211. The first-order valence-electron chi connectivity index (χ1n) is 7.76.